The first-order valence-electron chi connectivity index (χ1n) is 12.3. The lowest BCUT2D eigenvalue weighted by Gasteiger charge is -2.49. The van der Waals surface area contributed by atoms with Crippen LogP contribution in [0.1, 0.15) is 24.4 Å². The second-order valence-corrected chi connectivity index (χ2v) is 10.9. The summed E-state index contributed by atoms with van der Waals surface area (Å²) in [6.45, 7) is 1.67. The van der Waals surface area contributed by atoms with Gasteiger partial charge in [-0.15, -0.1) is 16.9 Å². The predicted octanol–water partition coefficient (Wildman–Crippen LogP) is -0.0625. The number of aromatic amines is 1. The number of rotatable bonds is 13. The van der Waals surface area contributed by atoms with Crippen molar-refractivity contribution in [1.29, 1.82) is 0 Å². The molecule has 3 atom stereocenters. The summed E-state index contributed by atoms with van der Waals surface area (Å²) in [5, 5.41) is 30.4. The summed E-state index contributed by atoms with van der Waals surface area (Å²) in [7, 11) is 0. The van der Waals surface area contributed by atoms with Gasteiger partial charge in [0.05, 0.1) is 6.61 Å². The van der Waals surface area contributed by atoms with Crippen LogP contribution < -0.4 is 16.4 Å². The number of aliphatic carboxylic acids is 2. The molecule has 1 aromatic heterocycles. The molecular weight excluding hydrogens is 578 g/mol. The van der Waals surface area contributed by atoms with Crippen LogP contribution in [0.5, 0.6) is 0 Å². The van der Waals surface area contributed by atoms with Crippen LogP contribution in [0.4, 0.5) is 5.69 Å². The maximum atomic E-state index is 13.0. The van der Waals surface area contributed by atoms with E-state index in [1.165, 1.54) is 11.8 Å². The molecular formula is C24H27N7O8S2. The highest BCUT2D eigenvalue weighted by Gasteiger charge is 2.54. The van der Waals surface area contributed by atoms with Gasteiger partial charge in [-0.2, -0.15) is 0 Å². The smallest absolute Gasteiger partial charge is 0.352 e. The SMILES string of the molecule is CCOC(=O)Cc1nc(SCC2=C(C(=O)O)N3C(=O)C(NC(=O)[C@H](N)c4ccc(NCC(=O)O)cc4)[C@H]3SC2)n[nH]1. The first kappa shape index (κ1) is 29.9. The fourth-order valence-corrected chi connectivity index (χ4v) is 6.40. The number of carboxylic acids is 2. The zero-order valence-corrected chi connectivity index (χ0v) is 23.3. The predicted molar refractivity (Wildman–Crippen MR) is 147 cm³/mol. The summed E-state index contributed by atoms with van der Waals surface area (Å²) >= 11 is 2.47. The van der Waals surface area contributed by atoms with E-state index in [9.17, 15) is 29.1 Å². The fourth-order valence-electron chi connectivity index (χ4n) is 4.10. The molecule has 2 aliphatic rings. The Morgan fingerprint density at radius 1 is 1.27 bits per heavy atom. The number of hydrogen-bond acceptors (Lipinski definition) is 12. The number of nitrogens with two attached hydrogens (primary N) is 1. The quantitative estimate of drug-likeness (QED) is 0.0998. The molecule has 15 nitrogen and oxygen atoms in total. The van der Waals surface area contributed by atoms with Gasteiger partial charge >= 0.3 is 17.9 Å². The average molecular weight is 606 g/mol. The molecule has 4 rings (SSSR count). The molecule has 0 aliphatic carbocycles. The van der Waals surface area contributed by atoms with Crippen LogP contribution in [0.3, 0.4) is 0 Å². The van der Waals surface area contributed by atoms with Gasteiger partial charge in [-0.3, -0.25) is 29.2 Å². The third-order valence-corrected chi connectivity index (χ3v) is 8.32. The van der Waals surface area contributed by atoms with Crippen molar-refractivity contribution >= 4 is 58.9 Å². The van der Waals surface area contributed by atoms with E-state index >= 15 is 0 Å². The monoisotopic (exact) mass is 605 g/mol. The van der Waals surface area contributed by atoms with E-state index in [1.807, 2.05) is 0 Å². The number of H-pyrrole nitrogens is 1. The van der Waals surface area contributed by atoms with Crippen molar-refractivity contribution in [3.63, 3.8) is 0 Å². The van der Waals surface area contributed by atoms with Gasteiger partial charge in [0.1, 0.15) is 41.9 Å². The van der Waals surface area contributed by atoms with Gasteiger partial charge in [0.15, 0.2) is 0 Å². The summed E-state index contributed by atoms with van der Waals surface area (Å²) < 4.78 is 4.88. The number of β-lactam (4-membered cyclic amide) rings is 1. The Balaban J connectivity index is 1.36. The molecule has 2 aliphatic heterocycles. The van der Waals surface area contributed by atoms with E-state index in [2.05, 4.69) is 25.8 Å². The van der Waals surface area contributed by atoms with Gasteiger partial charge in [0.2, 0.25) is 11.1 Å². The lowest BCUT2D eigenvalue weighted by molar-refractivity contribution is -0.150. The maximum Gasteiger partial charge on any atom is 0.352 e. The van der Waals surface area contributed by atoms with Crippen LogP contribution in [-0.2, 0) is 35.1 Å². The largest absolute Gasteiger partial charge is 0.480 e. The Morgan fingerprint density at radius 2 is 2.00 bits per heavy atom. The van der Waals surface area contributed by atoms with Gasteiger partial charge < -0.3 is 31.3 Å². The molecule has 1 unspecified atom stereocenters. The highest BCUT2D eigenvalue weighted by molar-refractivity contribution is 8.01. The molecule has 218 valence electrons. The minimum atomic E-state index is -1.27. The zero-order valence-electron chi connectivity index (χ0n) is 21.7. The number of nitrogens with one attached hydrogen (secondary N) is 3. The van der Waals surface area contributed by atoms with Crippen molar-refractivity contribution in [2.24, 2.45) is 5.73 Å². The highest BCUT2D eigenvalue weighted by Crippen LogP contribution is 2.41. The molecule has 7 N–H and O–H groups in total. The number of anilines is 1. The average Bonchev–Trinajstić information content (AvgIpc) is 3.39. The fraction of sp³-hybridized carbons (Fsp3) is 0.375. The lowest BCUT2D eigenvalue weighted by atomic mass is 10.0. The van der Waals surface area contributed by atoms with Crippen LogP contribution in [0.15, 0.2) is 40.7 Å². The number of esters is 1. The first-order chi connectivity index (χ1) is 19.6. The van der Waals surface area contributed by atoms with Crippen molar-refractivity contribution in [2.45, 2.75) is 36.0 Å². The standard InChI is InChI=1S/C24H27N7O8S2/c1-2-39-16(34)7-14-27-24(30-29-14)41-10-12-9-40-22-18(21(36)31(22)19(12)23(37)38)28-20(35)17(25)11-3-5-13(6-4-11)26-8-15(32)33/h3-6,17-18,22,26H,2,7-10,25H2,1H3,(H,28,35)(H,32,33)(H,37,38)(H,27,29,30)/t17-,18?,22-/m1/s1. The van der Waals surface area contributed by atoms with E-state index < -0.39 is 47.2 Å². The second-order valence-electron chi connectivity index (χ2n) is 8.84. The molecule has 2 aromatic rings. The van der Waals surface area contributed by atoms with Crippen molar-refractivity contribution in [1.82, 2.24) is 25.4 Å². The number of carboxylic acid groups (broad SMARTS) is 2. The first-order valence-corrected chi connectivity index (χ1v) is 14.3. The summed E-state index contributed by atoms with van der Waals surface area (Å²) in [6, 6.07) is 4.26. The molecule has 3 heterocycles. The number of amides is 2. The van der Waals surface area contributed by atoms with E-state index in [1.54, 1.807) is 31.2 Å². The summed E-state index contributed by atoms with van der Waals surface area (Å²) in [5.74, 6) is -3.10. The van der Waals surface area contributed by atoms with Crippen molar-refractivity contribution in [2.75, 3.05) is 30.0 Å². The molecule has 1 fully saturated rings. The van der Waals surface area contributed by atoms with Gasteiger partial charge in [-0.25, -0.2) is 9.78 Å². The van der Waals surface area contributed by atoms with Crippen molar-refractivity contribution < 1.29 is 38.9 Å². The summed E-state index contributed by atoms with van der Waals surface area (Å²) in [6.07, 6.45) is -0.0731. The Hall–Kier alpha value is -4.09. The molecule has 1 aromatic carbocycles. The molecule has 0 saturated carbocycles. The van der Waals surface area contributed by atoms with Gasteiger partial charge in [0.25, 0.3) is 5.91 Å². The highest BCUT2D eigenvalue weighted by atomic mass is 32.2. The van der Waals surface area contributed by atoms with Crippen LogP contribution >= 0.6 is 23.5 Å². The third-order valence-electron chi connectivity index (χ3n) is 6.05. The van der Waals surface area contributed by atoms with E-state index in [0.29, 0.717) is 33.6 Å². The Morgan fingerprint density at radius 3 is 2.66 bits per heavy atom. The molecule has 0 bridgehead atoms. The molecule has 2 amide bonds. The second kappa shape index (κ2) is 13.0. The number of carbonyl (C=O) groups is 5. The number of nitrogens with zero attached hydrogens (tertiary/aromatic N) is 3. The Bertz CT molecular complexity index is 1380. The molecule has 0 spiro atoms. The number of ether oxygens (including phenoxy) is 1. The molecule has 1 saturated heterocycles. The minimum absolute atomic E-state index is 0.0731. The topological polar surface area (TPSA) is 230 Å². The normalized spacial score (nSPS) is 18.7. The van der Waals surface area contributed by atoms with Gasteiger partial charge in [-0.05, 0) is 30.2 Å². The summed E-state index contributed by atoms with van der Waals surface area (Å²) in [5.41, 5.74) is 7.42. The van der Waals surface area contributed by atoms with Gasteiger partial charge in [0, 0.05) is 17.2 Å². The number of hydrogen-bond donors (Lipinski definition) is 6. The lowest BCUT2D eigenvalue weighted by Crippen LogP contribution is -2.71. The number of aromatic nitrogens is 3. The third kappa shape index (κ3) is 6.98. The van der Waals surface area contributed by atoms with E-state index in [-0.39, 0.29) is 31.0 Å². The molecule has 17 heteroatoms. The number of carbonyl (C=O) groups excluding carboxylic acids is 3. The van der Waals surface area contributed by atoms with Crippen LogP contribution in [-0.4, -0.2) is 96.1 Å². The van der Waals surface area contributed by atoms with Crippen molar-refractivity contribution in [3.05, 3.63) is 46.9 Å². The minimum Gasteiger partial charge on any atom is -0.480 e. The maximum absolute atomic E-state index is 13.0. The van der Waals surface area contributed by atoms with Gasteiger partial charge in [-0.1, -0.05) is 23.9 Å². The van der Waals surface area contributed by atoms with Crippen LogP contribution in [0, 0.1) is 0 Å². The summed E-state index contributed by atoms with van der Waals surface area (Å²) in [4.78, 5) is 65.6. The number of thioether (sulfide) groups is 2. The molecule has 0 radical (unpaired) electrons. The molecule has 41 heavy (non-hydrogen) atoms. The van der Waals surface area contributed by atoms with E-state index in [0.717, 1.165) is 16.7 Å². The van der Waals surface area contributed by atoms with Crippen LogP contribution in [0.2, 0.25) is 0 Å². The zero-order chi connectivity index (χ0) is 29.7. The number of fused-ring (bicyclic) bond motifs is 1. The van der Waals surface area contributed by atoms with Crippen LogP contribution in [0.25, 0.3) is 0 Å². The van der Waals surface area contributed by atoms with E-state index in [4.69, 9.17) is 15.6 Å². The van der Waals surface area contributed by atoms with Crippen molar-refractivity contribution in [3.8, 4) is 0 Å². The Kier molecular flexibility index (Phi) is 9.51. The Labute approximate surface area is 241 Å². The number of benzene rings is 1.